The molecule has 10 aromatic carbocycles. The second kappa shape index (κ2) is 16.0. The van der Waals surface area contributed by atoms with Gasteiger partial charge in [0, 0.05) is 43.6 Å². The maximum absolute atomic E-state index is 5.58. The van der Waals surface area contributed by atoms with E-state index in [2.05, 4.69) is 268 Å². The van der Waals surface area contributed by atoms with Crippen molar-refractivity contribution in [1.29, 1.82) is 0 Å². The minimum absolute atomic E-state index is 0.544. The van der Waals surface area contributed by atoms with Crippen molar-refractivity contribution in [2.75, 3.05) is 0 Å². The minimum atomic E-state index is -2.79. The molecule has 0 saturated carbocycles. The fourth-order valence-electron chi connectivity index (χ4n) is 11.3. The van der Waals surface area contributed by atoms with Crippen LogP contribution in [0.1, 0.15) is 0 Å². The van der Waals surface area contributed by atoms with Gasteiger partial charge in [0.25, 0.3) is 0 Å². The van der Waals surface area contributed by atoms with Crippen LogP contribution in [0.25, 0.3) is 94.4 Å². The molecule has 0 radical (unpaired) electrons. The molecule has 0 aliphatic heterocycles. The summed E-state index contributed by atoms with van der Waals surface area (Å²) in [6.07, 6.45) is 0. The Kier molecular flexibility index (Phi) is 9.12. The van der Waals surface area contributed by atoms with Crippen molar-refractivity contribution in [3.05, 3.63) is 255 Å². The van der Waals surface area contributed by atoms with Gasteiger partial charge in [0.05, 0.1) is 33.1 Å². The Hall–Kier alpha value is -9.17. The van der Waals surface area contributed by atoms with E-state index < -0.39 is 8.07 Å². The number of hydrogen-bond acceptors (Lipinski definition) is 3. The summed E-state index contributed by atoms with van der Waals surface area (Å²) in [6.45, 7) is 0. The molecule has 328 valence electrons. The summed E-state index contributed by atoms with van der Waals surface area (Å²) in [5, 5.41) is 12.1. The molecule has 0 saturated heterocycles. The monoisotopic (exact) mass is 910 g/mol. The maximum Gasteiger partial charge on any atom is 0.240 e. The van der Waals surface area contributed by atoms with E-state index >= 15 is 0 Å². The summed E-state index contributed by atoms with van der Waals surface area (Å²) in [7, 11) is -2.79. The summed E-state index contributed by atoms with van der Waals surface area (Å²) in [5.41, 5.74) is 8.38. The molecule has 0 fully saturated rings. The first kappa shape index (κ1) is 39.9. The largest absolute Gasteiger partial charge is 0.309 e. The van der Waals surface area contributed by atoms with Gasteiger partial charge in [-0.25, -0.2) is 0 Å². The normalized spacial score (nSPS) is 12.0. The third-order valence-electron chi connectivity index (χ3n) is 14.3. The highest BCUT2D eigenvalue weighted by Gasteiger charge is 2.41. The van der Waals surface area contributed by atoms with E-state index in [-0.39, 0.29) is 0 Å². The lowest BCUT2D eigenvalue weighted by atomic mass is 10.1. The summed E-state index contributed by atoms with van der Waals surface area (Å²) < 4.78 is 6.86. The van der Waals surface area contributed by atoms with Gasteiger partial charge in [0.1, 0.15) is 0 Å². The van der Waals surface area contributed by atoms with Crippen molar-refractivity contribution in [3.63, 3.8) is 0 Å². The number of para-hydroxylation sites is 5. The van der Waals surface area contributed by atoms with Gasteiger partial charge in [-0.05, 0) is 63.2 Å². The van der Waals surface area contributed by atoms with E-state index in [9.17, 15) is 0 Å². The highest BCUT2D eigenvalue weighted by molar-refractivity contribution is 7.19. The quantitative estimate of drug-likeness (QED) is 0.113. The number of hydrogen-bond donors (Lipinski definition) is 0. The van der Waals surface area contributed by atoms with Gasteiger partial charge < -0.3 is 4.57 Å². The molecular formula is C63H42N6Si. The molecule has 0 atom stereocenters. The first-order valence-electron chi connectivity index (χ1n) is 23.8. The second-order valence-corrected chi connectivity index (χ2v) is 21.8. The van der Waals surface area contributed by atoms with Gasteiger partial charge in [-0.2, -0.15) is 15.0 Å². The number of fused-ring (bicyclic) bond motifs is 10. The van der Waals surface area contributed by atoms with Crippen LogP contribution in [0, 0.1) is 0 Å². The van der Waals surface area contributed by atoms with E-state index in [1.54, 1.807) is 0 Å². The summed E-state index contributed by atoms with van der Waals surface area (Å²) in [5.74, 6) is 1.68. The smallest absolute Gasteiger partial charge is 0.240 e. The molecule has 0 aliphatic rings. The van der Waals surface area contributed by atoms with Gasteiger partial charge in [0.2, 0.25) is 11.9 Å². The SMILES string of the molecule is c1ccc(-n2c3ccccc3c3c2ccc2c4ccccc4n(-c4nc(-c5ccc([Si](c6ccccc6)(c6ccccc6)c6ccccc6)cc5)nc(-n5c6ccccc6c6ccccc65)n4)c23)cc1. The van der Waals surface area contributed by atoms with Gasteiger partial charge in [0.15, 0.2) is 13.9 Å². The summed E-state index contributed by atoms with van der Waals surface area (Å²) >= 11 is 0. The zero-order chi connectivity index (χ0) is 46.2. The van der Waals surface area contributed by atoms with Crippen LogP contribution in [-0.4, -0.2) is 36.7 Å². The van der Waals surface area contributed by atoms with Crippen LogP contribution in [0.5, 0.6) is 0 Å². The van der Waals surface area contributed by atoms with Crippen molar-refractivity contribution in [2.45, 2.75) is 0 Å². The molecule has 0 unspecified atom stereocenters. The molecule has 14 rings (SSSR count). The number of benzene rings is 10. The molecular weight excluding hydrogens is 869 g/mol. The van der Waals surface area contributed by atoms with Gasteiger partial charge in [-0.15, -0.1) is 0 Å². The van der Waals surface area contributed by atoms with Gasteiger partial charge in [-0.3, -0.25) is 9.13 Å². The number of aromatic nitrogens is 6. The average molecular weight is 911 g/mol. The third-order valence-corrected chi connectivity index (χ3v) is 19.1. The predicted molar refractivity (Wildman–Crippen MR) is 292 cm³/mol. The Morgan fingerprint density at radius 1 is 0.271 bits per heavy atom. The van der Waals surface area contributed by atoms with Crippen molar-refractivity contribution in [3.8, 4) is 29.0 Å². The van der Waals surface area contributed by atoms with Crippen molar-refractivity contribution in [1.82, 2.24) is 28.7 Å². The van der Waals surface area contributed by atoms with Crippen molar-refractivity contribution >= 4 is 94.2 Å². The number of nitrogens with zero attached hydrogens (tertiary/aromatic N) is 6. The zero-order valence-electron chi connectivity index (χ0n) is 37.9. The van der Waals surface area contributed by atoms with Crippen molar-refractivity contribution < 1.29 is 0 Å². The van der Waals surface area contributed by atoms with E-state index in [1.807, 2.05) is 0 Å². The van der Waals surface area contributed by atoms with Crippen LogP contribution in [0.4, 0.5) is 0 Å². The zero-order valence-corrected chi connectivity index (χ0v) is 38.9. The summed E-state index contributed by atoms with van der Waals surface area (Å²) in [4.78, 5) is 16.6. The van der Waals surface area contributed by atoms with Crippen LogP contribution in [0.15, 0.2) is 255 Å². The summed E-state index contributed by atoms with van der Waals surface area (Å²) in [6, 6.07) is 91.9. The molecule has 0 amide bonds. The lowest BCUT2D eigenvalue weighted by Crippen LogP contribution is -2.74. The molecule has 7 heteroatoms. The topological polar surface area (TPSA) is 53.5 Å². The van der Waals surface area contributed by atoms with Gasteiger partial charge >= 0.3 is 0 Å². The molecule has 4 aromatic heterocycles. The molecule has 0 bridgehead atoms. The molecule has 0 N–H and O–H groups in total. The Bertz CT molecular complexity index is 4130. The highest BCUT2D eigenvalue weighted by atomic mass is 28.3. The Morgan fingerprint density at radius 2 is 0.671 bits per heavy atom. The number of rotatable bonds is 8. The molecule has 4 heterocycles. The molecule has 6 nitrogen and oxygen atoms in total. The highest BCUT2D eigenvalue weighted by Crippen LogP contribution is 2.42. The standard InChI is InChI=1S/C63H42N6Si/c1-5-21-44(22-6-1)67-57-36-20-16-32-53(57)59-58(67)42-41-52-51-31-15-19-35-56(51)69(60(52)59)63-65-61(64-62(66-63)68-54-33-17-13-29-49(54)50-30-14-18-34-55(50)68)43-37-39-48(40-38-43)70(45-23-7-2-8-24-45,46-25-9-3-10-26-46)47-27-11-4-12-28-47/h1-42H. The van der Waals surface area contributed by atoms with Crippen LogP contribution in [0.2, 0.25) is 0 Å². The maximum atomic E-state index is 5.58. The predicted octanol–water partition coefficient (Wildman–Crippen LogP) is 12.2. The molecule has 0 spiro atoms. The fourth-order valence-corrected chi connectivity index (χ4v) is 16.1. The second-order valence-electron chi connectivity index (χ2n) is 18.0. The van der Waals surface area contributed by atoms with Crippen LogP contribution in [0.3, 0.4) is 0 Å². The van der Waals surface area contributed by atoms with Crippen LogP contribution >= 0.6 is 0 Å². The van der Waals surface area contributed by atoms with E-state index in [4.69, 9.17) is 15.0 Å². The average Bonchev–Trinajstić information content (AvgIpc) is 4.08. The Labute approximate surface area is 404 Å². The van der Waals surface area contributed by atoms with Crippen LogP contribution in [-0.2, 0) is 0 Å². The minimum Gasteiger partial charge on any atom is -0.309 e. The first-order chi connectivity index (χ1) is 34.8. The lowest BCUT2D eigenvalue weighted by Gasteiger charge is -2.34. The van der Waals surface area contributed by atoms with Crippen LogP contribution < -0.4 is 20.7 Å². The van der Waals surface area contributed by atoms with E-state index in [1.165, 1.54) is 20.7 Å². The first-order valence-corrected chi connectivity index (χ1v) is 25.8. The van der Waals surface area contributed by atoms with E-state index in [0.29, 0.717) is 17.7 Å². The van der Waals surface area contributed by atoms with Gasteiger partial charge in [-0.1, -0.05) is 212 Å². The fraction of sp³-hybridized carbons (Fsp3) is 0. The molecule has 0 aliphatic carbocycles. The van der Waals surface area contributed by atoms with E-state index in [0.717, 1.165) is 76.7 Å². The molecule has 14 aromatic rings. The lowest BCUT2D eigenvalue weighted by molar-refractivity contribution is 0.894. The third kappa shape index (κ3) is 5.95. The molecule has 70 heavy (non-hydrogen) atoms. The Morgan fingerprint density at radius 3 is 1.20 bits per heavy atom. The van der Waals surface area contributed by atoms with Crippen molar-refractivity contribution in [2.24, 2.45) is 0 Å². The Balaban J connectivity index is 1.07.